The van der Waals surface area contributed by atoms with E-state index in [9.17, 15) is 0 Å². The minimum Gasteiger partial charge on any atom is -0.415 e. The molecule has 1 atom stereocenters. The van der Waals surface area contributed by atoms with E-state index >= 15 is 0 Å². The molecule has 0 aromatic carbocycles. The zero-order valence-electron chi connectivity index (χ0n) is 12.7. The van der Waals surface area contributed by atoms with Gasteiger partial charge in [-0.05, 0) is 37.5 Å². The number of ether oxygens (including phenoxy) is 1. The fraction of sp³-hybridized carbons (Fsp3) is 1.00. The number of hydrogen-bond donors (Lipinski definition) is 0. The normalized spacial score (nSPS) is 27.5. The Morgan fingerprint density at radius 2 is 1.94 bits per heavy atom. The van der Waals surface area contributed by atoms with Crippen LogP contribution in [0, 0.1) is 0 Å². The van der Waals surface area contributed by atoms with Gasteiger partial charge in [-0.15, -0.1) is 0 Å². The van der Waals surface area contributed by atoms with E-state index in [2.05, 4.69) is 38.8 Å². The van der Waals surface area contributed by atoms with Crippen molar-refractivity contribution in [3.63, 3.8) is 0 Å². The molecule has 2 saturated heterocycles. The SMILES string of the molecule is CC(C)(C)[Si](C)(C)OC[C@@H]1CCCN1C1COC1. The summed E-state index contributed by atoms with van der Waals surface area (Å²) in [7, 11) is -1.59. The Morgan fingerprint density at radius 1 is 1.28 bits per heavy atom. The first kappa shape index (κ1) is 14.5. The van der Waals surface area contributed by atoms with E-state index in [1.54, 1.807) is 0 Å². The zero-order valence-corrected chi connectivity index (χ0v) is 13.7. The predicted octanol–water partition coefficient (Wildman–Crippen LogP) is 2.87. The van der Waals surface area contributed by atoms with Gasteiger partial charge in [-0.1, -0.05) is 20.8 Å². The van der Waals surface area contributed by atoms with Crippen LogP contribution in [0.25, 0.3) is 0 Å². The molecule has 0 amide bonds. The highest BCUT2D eigenvalue weighted by molar-refractivity contribution is 6.74. The largest absolute Gasteiger partial charge is 0.415 e. The summed E-state index contributed by atoms with van der Waals surface area (Å²) in [6, 6.07) is 1.30. The number of rotatable bonds is 4. The average molecular weight is 271 g/mol. The summed E-state index contributed by atoms with van der Waals surface area (Å²) in [5, 5.41) is 0.315. The van der Waals surface area contributed by atoms with Crippen molar-refractivity contribution in [3.05, 3.63) is 0 Å². The fourth-order valence-corrected chi connectivity index (χ4v) is 3.50. The van der Waals surface area contributed by atoms with Gasteiger partial charge >= 0.3 is 0 Å². The van der Waals surface area contributed by atoms with Crippen LogP contribution in [-0.2, 0) is 9.16 Å². The molecule has 0 bridgehead atoms. The third-order valence-corrected chi connectivity index (χ3v) is 9.46. The molecule has 0 aromatic heterocycles. The van der Waals surface area contributed by atoms with Crippen molar-refractivity contribution in [3.8, 4) is 0 Å². The second-order valence-corrected chi connectivity index (χ2v) is 12.1. The highest BCUT2D eigenvalue weighted by Gasteiger charge is 2.40. The number of likely N-dealkylation sites (tertiary alicyclic amines) is 1. The topological polar surface area (TPSA) is 21.7 Å². The number of nitrogens with zero attached hydrogens (tertiary/aromatic N) is 1. The Kier molecular flexibility index (Phi) is 4.22. The standard InChI is InChI=1S/C14H29NO2Si/c1-14(2,3)18(4,5)17-11-12-7-6-8-15(12)13-9-16-10-13/h12-13H,6-11H2,1-5H3/t12-/m0/s1. The van der Waals surface area contributed by atoms with Crippen LogP contribution in [-0.4, -0.2) is 51.7 Å². The lowest BCUT2D eigenvalue weighted by Crippen LogP contribution is -2.53. The van der Waals surface area contributed by atoms with E-state index in [1.807, 2.05) is 0 Å². The highest BCUT2D eigenvalue weighted by Crippen LogP contribution is 2.37. The molecule has 18 heavy (non-hydrogen) atoms. The molecule has 0 saturated carbocycles. The van der Waals surface area contributed by atoms with Crippen molar-refractivity contribution in [2.75, 3.05) is 26.4 Å². The minimum atomic E-state index is -1.59. The molecule has 106 valence electrons. The van der Waals surface area contributed by atoms with Crippen molar-refractivity contribution in [2.24, 2.45) is 0 Å². The lowest BCUT2D eigenvalue weighted by Gasteiger charge is -2.41. The molecule has 3 nitrogen and oxygen atoms in total. The maximum Gasteiger partial charge on any atom is 0.192 e. The van der Waals surface area contributed by atoms with Crippen LogP contribution in [0.15, 0.2) is 0 Å². The third-order valence-electron chi connectivity index (χ3n) is 4.95. The quantitative estimate of drug-likeness (QED) is 0.734. The zero-order chi connectivity index (χ0) is 13.4. The van der Waals surface area contributed by atoms with Gasteiger partial charge in [0, 0.05) is 12.6 Å². The van der Waals surface area contributed by atoms with E-state index in [4.69, 9.17) is 9.16 Å². The Morgan fingerprint density at radius 3 is 2.44 bits per heavy atom. The van der Waals surface area contributed by atoms with Gasteiger partial charge < -0.3 is 9.16 Å². The van der Waals surface area contributed by atoms with Crippen LogP contribution in [0.5, 0.6) is 0 Å². The summed E-state index contributed by atoms with van der Waals surface area (Å²) in [4.78, 5) is 2.62. The van der Waals surface area contributed by atoms with Gasteiger partial charge in [0.1, 0.15) is 0 Å². The summed E-state index contributed by atoms with van der Waals surface area (Å²) >= 11 is 0. The summed E-state index contributed by atoms with van der Waals surface area (Å²) < 4.78 is 11.7. The average Bonchev–Trinajstić information content (AvgIpc) is 2.58. The molecule has 0 unspecified atom stereocenters. The first-order chi connectivity index (χ1) is 8.31. The molecule has 0 spiro atoms. The fourth-order valence-electron chi connectivity index (χ4n) is 2.45. The first-order valence-corrected chi connectivity index (χ1v) is 10.2. The van der Waals surface area contributed by atoms with Gasteiger partial charge in [0.05, 0.1) is 19.3 Å². The molecular formula is C14H29NO2Si. The maximum absolute atomic E-state index is 6.38. The minimum absolute atomic E-state index is 0.315. The van der Waals surface area contributed by atoms with Crippen LogP contribution < -0.4 is 0 Å². The highest BCUT2D eigenvalue weighted by atomic mass is 28.4. The molecule has 2 aliphatic heterocycles. The second-order valence-electron chi connectivity index (χ2n) is 7.30. The Labute approximate surface area is 113 Å². The molecule has 0 aliphatic carbocycles. The summed E-state index contributed by atoms with van der Waals surface area (Å²) in [6.07, 6.45) is 2.62. The van der Waals surface area contributed by atoms with Gasteiger partial charge in [0.2, 0.25) is 0 Å². The molecule has 0 aromatic rings. The Balaban J connectivity index is 1.85. The smallest absolute Gasteiger partial charge is 0.192 e. The lowest BCUT2D eigenvalue weighted by atomic mass is 10.2. The van der Waals surface area contributed by atoms with Crippen LogP contribution in [0.1, 0.15) is 33.6 Å². The van der Waals surface area contributed by atoms with Gasteiger partial charge in [-0.2, -0.15) is 0 Å². The maximum atomic E-state index is 6.38. The second kappa shape index (κ2) is 5.23. The predicted molar refractivity (Wildman–Crippen MR) is 77.5 cm³/mol. The monoisotopic (exact) mass is 271 g/mol. The van der Waals surface area contributed by atoms with E-state index in [0.717, 1.165) is 19.8 Å². The van der Waals surface area contributed by atoms with Crippen molar-refractivity contribution < 1.29 is 9.16 Å². The van der Waals surface area contributed by atoms with E-state index < -0.39 is 8.32 Å². The van der Waals surface area contributed by atoms with Crippen LogP contribution in [0.3, 0.4) is 0 Å². The van der Waals surface area contributed by atoms with Crippen LogP contribution >= 0.6 is 0 Å². The van der Waals surface area contributed by atoms with Crippen molar-refractivity contribution in [2.45, 2.75) is 63.8 Å². The summed E-state index contributed by atoms with van der Waals surface area (Å²) in [6.45, 7) is 15.6. The molecular weight excluding hydrogens is 242 g/mol. The van der Waals surface area contributed by atoms with E-state index in [1.165, 1.54) is 19.4 Å². The van der Waals surface area contributed by atoms with Gasteiger partial charge in [0.25, 0.3) is 0 Å². The molecule has 2 fully saturated rings. The van der Waals surface area contributed by atoms with Crippen LogP contribution in [0.4, 0.5) is 0 Å². The first-order valence-electron chi connectivity index (χ1n) is 7.29. The number of hydrogen-bond acceptors (Lipinski definition) is 3. The lowest BCUT2D eigenvalue weighted by molar-refractivity contribution is -0.0736. The van der Waals surface area contributed by atoms with Crippen molar-refractivity contribution in [1.29, 1.82) is 0 Å². The van der Waals surface area contributed by atoms with Crippen LogP contribution in [0.2, 0.25) is 18.1 Å². The molecule has 4 heteroatoms. The van der Waals surface area contributed by atoms with Gasteiger partial charge in [-0.3, -0.25) is 4.90 Å². The molecule has 2 rings (SSSR count). The van der Waals surface area contributed by atoms with E-state index in [-0.39, 0.29) is 0 Å². The Hall–Kier alpha value is 0.0969. The van der Waals surface area contributed by atoms with Crippen molar-refractivity contribution in [1.82, 2.24) is 4.90 Å². The van der Waals surface area contributed by atoms with Crippen molar-refractivity contribution >= 4 is 8.32 Å². The third kappa shape index (κ3) is 2.98. The summed E-state index contributed by atoms with van der Waals surface area (Å²) in [5.41, 5.74) is 0. The Bertz CT molecular complexity index is 284. The molecule has 0 radical (unpaired) electrons. The van der Waals surface area contributed by atoms with Gasteiger partial charge in [-0.25, -0.2) is 0 Å². The molecule has 0 N–H and O–H groups in total. The van der Waals surface area contributed by atoms with E-state index in [0.29, 0.717) is 17.1 Å². The summed E-state index contributed by atoms with van der Waals surface area (Å²) in [5.74, 6) is 0. The molecule has 2 heterocycles. The molecule has 2 aliphatic rings. The van der Waals surface area contributed by atoms with Gasteiger partial charge in [0.15, 0.2) is 8.32 Å².